The molecule has 0 aromatic heterocycles. The lowest BCUT2D eigenvalue weighted by Crippen LogP contribution is -2.28. The minimum Gasteiger partial charge on any atom is -0.497 e. The predicted octanol–water partition coefficient (Wildman–Crippen LogP) is 4.40. The Morgan fingerprint density at radius 2 is 1.63 bits per heavy atom. The van der Waals surface area contributed by atoms with E-state index in [-0.39, 0.29) is 18.4 Å². The van der Waals surface area contributed by atoms with Crippen LogP contribution in [-0.4, -0.2) is 33.3 Å². The van der Waals surface area contributed by atoms with Gasteiger partial charge in [0.1, 0.15) is 17.2 Å². The fourth-order valence-corrected chi connectivity index (χ4v) is 2.61. The number of hydrogen-bond donors (Lipinski definition) is 1. The molecule has 5 heteroatoms. The number of benzene rings is 2. The molecular weight excluding hydrogens is 342 g/mol. The van der Waals surface area contributed by atoms with Crippen molar-refractivity contribution in [1.82, 2.24) is 5.32 Å². The zero-order chi connectivity index (χ0) is 20.2. The van der Waals surface area contributed by atoms with Crippen molar-refractivity contribution in [1.29, 1.82) is 0 Å². The van der Waals surface area contributed by atoms with E-state index in [1.54, 1.807) is 14.2 Å². The fourth-order valence-electron chi connectivity index (χ4n) is 2.61. The third-order valence-electron chi connectivity index (χ3n) is 4.03. The van der Waals surface area contributed by atoms with E-state index in [9.17, 15) is 4.79 Å². The summed E-state index contributed by atoms with van der Waals surface area (Å²) < 4.78 is 16.2. The highest BCUT2D eigenvalue weighted by molar-refractivity contribution is 5.77. The Labute approximate surface area is 162 Å². The molecule has 2 aromatic rings. The largest absolute Gasteiger partial charge is 0.497 e. The van der Waals surface area contributed by atoms with Crippen LogP contribution in [0.2, 0.25) is 0 Å². The van der Waals surface area contributed by atoms with Gasteiger partial charge in [-0.15, -0.1) is 0 Å². The Morgan fingerprint density at radius 3 is 2.19 bits per heavy atom. The van der Waals surface area contributed by atoms with Gasteiger partial charge in [0.15, 0.2) is 6.61 Å². The van der Waals surface area contributed by atoms with Gasteiger partial charge in [0.25, 0.3) is 5.91 Å². The lowest BCUT2D eigenvalue weighted by atomic mass is 9.92. The first-order valence-electron chi connectivity index (χ1n) is 9.30. The lowest BCUT2D eigenvalue weighted by molar-refractivity contribution is -0.122. The van der Waals surface area contributed by atoms with Crippen LogP contribution in [0.1, 0.15) is 44.7 Å². The van der Waals surface area contributed by atoms with Crippen LogP contribution in [-0.2, 0) is 4.79 Å². The molecule has 0 fully saturated rings. The van der Waals surface area contributed by atoms with Crippen molar-refractivity contribution >= 4 is 5.91 Å². The average molecular weight is 373 g/mol. The molecule has 1 N–H and O–H groups in total. The van der Waals surface area contributed by atoms with E-state index in [1.165, 1.54) is 0 Å². The summed E-state index contributed by atoms with van der Waals surface area (Å²) >= 11 is 0. The monoisotopic (exact) mass is 373 g/mol. The van der Waals surface area contributed by atoms with Crippen molar-refractivity contribution < 1.29 is 19.0 Å². The van der Waals surface area contributed by atoms with Crippen molar-refractivity contribution in [2.45, 2.75) is 33.6 Å². The Hall–Kier alpha value is -2.69. The van der Waals surface area contributed by atoms with Gasteiger partial charge in [0.05, 0.1) is 14.2 Å². The van der Waals surface area contributed by atoms with Crippen molar-refractivity contribution in [3.8, 4) is 17.2 Å². The molecule has 0 saturated carbocycles. The van der Waals surface area contributed by atoms with E-state index in [0.717, 1.165) is 22.6 Å². The van der Waals surface area contributed by atoms with E-state index >= 15 is 0 Å². The first-order valence-corrected chi connectivity index (χ1v) is 9.30. The molecule has 1 unspecified atom stereocenters. The average Bonchev–Trinajstić information content (AvgIpc) is 2.73. The maximum absolute atomic E-state index is 11.4. The predicted molar refractivity (Wildman–Crippen MR) is 109 cm³/mol. The van der Waals surface area contributed by atoms with Crippen LogP contribution in [0.15, 0.2) is 42.5 Å². The second kappa shape index (κ2) is 11.8. The van der Waals surface area contributed by atoms with Crippen molar-refractivity contribution in [3.05, 3.63) is 53.6 Å². The standard InChI is InChI=1S/C20H25NO4.C2H6/c1-5-21-20(22)13-25-16-8-6-15(7-9-16)14(2)18-11-10-17(23-3)12-19(18)24-4;1-2/h6-12,14H,5,13H2,1-4H3,(H,21,22);1-2H3. The highest BCUT2D eigenvalue weighted by Crippen LogP contribution is 2.34. The first-order chi connectivity index (χ1) is 13.1. The molecule has 0 heterocycles. The summed E-state index contributed by atoms with van der Waals surface area (Å²) in [6.07, 6.45) is 0. The minimum absolute atomic E-state index is 0.0229. The van der Waals surface area contributed by atoms with Gasteiger partial charge in [-0.25, -0.2) is 0 Å². The zero-order valence-electron chi connectivity index (χ0n) is 17.2. The molecule has 0 aliphatic rings. The zero-order valence-corrected chi connectivity index (χ0v) is 17.2. The van der Waals surface area contributed by atoms with Gasteiger partial charge < -0.3 is 19.5 Å². The number of rotatable bonds is 8. The smallest absolute Gasteiger partial charge is 0.257 e. The van der Waals surface area contributed by atoms with Crippen LogP contribution in [0, 0.1) is 0 Å². The number of nitrogens with one attached hydrogen (secondary N) is 1. The molecular formula is C22H31NO4. The molecule has 0 bridgehead atoms. The summed E-state index contributed by atoms with van der Waals surface area (Å²) in [6.45, 7) is 8.62. The lowest BCUT2D eigenvalue weighted by Gasteiger charge is -2.17. The van der Waals surface area contributed by atoms with Gasteiger partial charge in [-0.2, -0.15) is 0 Å². The number of carbonyl (C=O) groups is 1. The molecule has 0 saturated heterocycles. The number of methoxy groups -OCH3 is 2. The van der Waals surface area contributed by atoms with E-state index in [1.807, 2.05) is 63.2 Å². The second-order valence-electron chi connectivity index (χ2n) is 5.64. The van der Waals surface area contributed by atoms with Gasteiger partial charge in [0, 0.05) is 24.1 Å². The summed E-state index contributed by atoms with van der Waals surface area (Å²) in [5.41, 5.74) is 2.22. The highest BCUT2D eigenvalue weighted by Gasteiger charge is 2.14. The number of likely N-dealkylation sites (N-methyl/N-ethyl adjacent to an activating group) is 1. The normalized spacial score (nSPS) is 10.9. The fraction of sp³-hybridized carbons (Fsp3) is 0.409. The Bertz CT molecular complexity index is 698. The first kappa shape index (κ1) is 22.4. The molecule has 2 rings (SSSR count). The van der Waals surface area contributed by atoms with Gasteiger partial charge in [-0.3, -0.25) is 4.79 Å². The molecule has 148 valence electrons. The molecule has 0 spiro atoms. The highest BCUT2D eigenvalue weighted by atomic mass is 16.5. The van der Waals surface area contributed by atoms with Crippen LogP contribution in [0.5, 0.6) is 17.2 Å². The number of carbonyl (C=O) groups excluding carboxylic acids is 1. The summed E-state index contributed by atoms with van der Waals surface area (Å²) in [5, 5.41) is 2.70. The summed E-state index contributed by atoms with van der Waals surface area (Å²) in [7, 11) is 3.29. The van der Waals surface area contributed by atoms with Gasteiger partial charge in [-0.05, 0) is 30.7 Å². The number of ether oxygens (including phenoxy) is 3. The van der Waals surface area contributed by atoms with E-state index in [2.05, 4.69) is 12.2 Å². The molecule has 27 heavy (non-hydrogen) atoms. The van der Waals surface area contributed by atoms with Crippen LogP contribution in [0.4, 0.5) is 0 Å². The maximum atomic E-state index is 11.4. The van der Waals surface area contributed by atoms with Crippen LogP contribution in [0.25, 0.3) is 0 Å². The van der Waals surface area contributed by atoms with Crippen LogP contribution < -0.4 is 19.5 Å². The molecule has 1 amide bonds. The number of hydrogen-bond acceptors (Lipinski definition) is 4. The Kier molecular flexibility index (Phi) is 9.80. The number of amides is 1. The topological polar surface area (TPSA) is 56.8 Å². The third kappa shape index (κ3) is 6.51. The van der Waals surface area contributed by atoms with E-state index in [0.29, 0.717) is 12.3 Å². The Morgan fingerprint density at radius 1 is 1.00 bits per heavy atom. The molecule has 0 aliphatic heterocycles. The summed E-state index contributed by atoms with van der Waals surface area (Å²) in [5.74, 6) is 2.26. The third-order valence-corrected chi connectivity index (χ3v) is 4.03. The molecule has 0 aliphatic carbocycles. The molecule has 5 nitrogen and oxygen atoms in total. The van der Waals surface area contributed by atoms with Gasteiger partial charge >= 0.3 is 0 Å². The minimum atomic E-state index is -0.122. The molecule has 0 radical (unpaired) electrons. The van der Waals surface area contributed by atoms with Gasteiger partial charge in [0.2, 0.25) is 0 Å². The summed E-state index contributed by atoms with van der Waals surface area (Å²) in [4.78, 5) is 11.4. The van der Waals surface area contributed by atoms with Crippen molar-refractivity contribution in [2.75, 3.05) is 27.4 Å². The van der Waals surface area contributed by atoms with Crippen LogP contribution in [0.3, 0.4) is 0 Å². The van der Waals surface area contributed by atoms with Crippen molar-refractivity contribution in [3.63, 3.8) is 0 Å². The molecule has 1 atom stereocenters. The van der Waals surface area contributed by atoms with Crippen LogP contribution >= 0.6 is 0 Å². The molecule has 2 aromatic carbocycles. The van der Waals surface area contributed by atoms with Crippen molar-refractivity contribution in [2.24, 2.45) is 0 Å². The van der Waals surface area contributed by atoms with Gasteiger partial charge in [-0.1, -0.05) is 39.0 Å². The van der Waals surface area contributed by atoms with E-state index < -0.39 is 0 Å². The maximum Gasteiger partial charge on any atom is 0.257 e. The SMILES string of the molecule is CC.CCNC(=O)COc1ccc(C(C)c2ccc(OC)cc2OC)cc1. The second-order valence-corrected chi connectivity index (χ2v) is 5.64. The van der Waals surface area contributed by atoms with E-state index in [4.69, 9.17) is 14.2 Å². The quantitative estimate of drug-likeness (QED) is 0.745. The summed E-state index contributed by atoms with van der Waals surface area (Å²) in [6, 6.07) is 13.6. The Balaban J connectivity index is 0.00000176.